The van der Waals surface area contributed by atoms with E-state index in [2.05, 4.69) is 0 Å². The first-order valence-electron chi connectivity index (χ1n) is 5.30. The van der Waals surface area contributed by atoms with E-state index in [-0.39, 0.29) is 0 Å². The average molecular weight is 232 g/mol. The van der Waals surface area contributed by atoms with Gasteiger partial charge in [-0.2, -0.15) is 11.3 Å². The Bertz CT molecular complexity index is 491. The van der Waals surface area contributed by atoms with Crippen molar-refractivity contribution in [2.75, 3.05) is 6.61 Å². The van der Waals surface area contributed by atoms with Gasteiger partial charge in [0.2, 0.25) is 0 Å². The molecule has 2 heterocycles. The van der Waals surface area contributed by atoms with Crippen LogP contribution in [0.1, 0.15) is 22.8 Å². The van der Waals surface area contributed by atoms with E-state index in [1.165, 1.54) is 5.56 Å². The number of ether oxygens (including phenoxy) is 1. The van der Waals surface area contributed by atoms with Gasteiger partial charge in [0.15, 0.2) is 0 Å². The van der Waals surface area contributed by atoms with Crippen molar-refractivity contribution >= 4 is 11.3 Å². The minimum atomic E-state index is -0.517. The van der Waals surface area contributed by atoms with E-state index < -0.39 is 6.10 Å². The highest BCUT2D eigenvalue weighted by Gasteiger charge is 2.16. The van der Waals surface area contributed by atoms with E-state index in [0.29, 0.717) is 0 Å². The van der Waals surface area contributed by atoms with Crippen LogP contribution in [0.15, 0.2) is 35.0 Å². The summed E-state index contributed by atoms with van der Waals surface area (Å²) in [6, 6.07) is 7.89. The SMILES string of the molecule is OC(c1ccsc1)c1ccc2c(c1)CCO2. The molecule has 1 N–H and O–H groups in total. The molecule has 3 heteroatoms. The molecule has 82 valence electrons. The predicted molar refractivity (Wildman–Crippen MR) is 64.0 cm³/mol. The number of benzene rings is 1. The number of fused-ring (bicyclic) bond motifs is 1. The van der Waals surface area contributed by atoms with Crippen molar-refractivity contribution in [2.45, 2.75) is 12.5 Å². The molecule has 1 atom stereocenters. The van der Waals surface area contributed by atoms with Crippen LogP contribution in [0.5, 0.6) is 5.75 Å². The van der Waals surface area contributed by atoms with Gasteiger partial charge in [-0.1, -0.05) is 6.07 Å². The minimum absolute atomic E-state index is 0.517. The number of aliphatic hydroxyl groups excluding tert-OH is 1. The number of hydrogen-bond donors (Lipinski definition) is 1. The lowest BCUT2D eigenvalue weighted by atomic mass is 10.0. The van der Waals surface area contributed by atoms with Crippen molar-refractivity contribution in [1.82, 2.24) is 0 Å². The predicted octanol–water partition coefficient (Wildman–Crippen LogP) is 2.76. The van der Waals surface area contributed by atoms with Gasteiger partial charge in [-0.05, 0) is 45.6 Å². The zero-order chi connectivity index (χ0) is 11.0. The molecule has 0 radical (unpaired) electrons. The molecule has 0 amide bonds. The molecule has 0 aliphatic carbocycles. The maximum Gasteiger partial charge on any atom is 0.122 e. The topological polar surface area (TPSA) is 29.5 Å². The van der Waals surface area contributed by atoms with Crippen LogP contribution in [0.2, 0.25) is 0 Å². The highest BCUT2D eigenvalue weighted by Crippen LogP contribution is 2.30. The fraction of sp³-hybridized carbons (Fsp3) is 0.231. The van der Waals surface area contributed by atoms with Crippen LogP contribution < -0.4 is 4.74 Å². The second-order valence-electron chi connectivity index (χ2n) is 3.92. The Labute approximate surface area is 98.1 Å². The fourth-order valence-corrected chi connectivity index (χ4v) is 2.68. The van der Waals surface area contributed by atoms with Crippen molar-refractivity contribution in [2.24, 2.45) is 0 Å². The summed E-state index contributed by atoms with van der Waals surface area (Å²) < 4.78 is 5.44. The van der Waals surface area contributed by atoms with Crippen molar-refractivity contribution in [3.05, 3.63) is 51.7 Å². The van der Waals surface area contributed by atoms with Crippen molar-refractivity contribution < 1.29 is 9.84 Å². The molecule has 0 spiro atoms. The summed E-state index contributed by atoms with van der Waals surface area (Å²) >= 11 is 1.60. The Hall–Kier alpha value is -1.32. The van der Waals surface area contributed by atoms with Crippen molar-refractivity contribution in [1.29, 1.82) is 0 Å². The first-order valence-corrected chi connectivity index (χ1v) is 6.24. The van der Waals surface area contributed by atoms with E-state index in [9.17, 15) is 5.11 Å². The molecule has 2 nitrogen and oxygen atoms in total. The van der Waals surface area contributed by atoms with E-state index in [1.807, 2.05) is 35.0 Å². The highest BCUT2D eigenvalue weighted by atomic mass is 32.1. The summed E-state index contributed by atoms with van der Waals surface area (Å²) in [4.78, 5) is 0. The monoisotopic (exact) mass is 232 g/mol. The van der Waals surface area contributed by atoms with Gasteiger partial charge in [-0.25, -0.2) is 0 Å². The Balaban J connectivity index is 1.95. The lowest BCUT2D eigenvalue weighted by molar-refractivity contribution is 0.220. The van der Waals surface area contributed by atoms with Gasteiger partial charge in [0.1, 0.15) is 11.9 Å². The van der Waals surface area contributed by atoms with Gasteiger partial charge >= 0.3 is 0 Å². The molecule has 1 aliphatic rings. The summed E-state index contributed by atoms with van der Waals surface area (Å²) in [5, 5.41) is 14.1. The molecule has 3 rings (SSSR count). The average Bonchev–Trinajstić information content (AvgIpc) is 2.98. The maximum atomic E-state index is 10.2. The molecule has 1 aromatic heterocycles. The lowest BCUT2D eigenvalue weighted by Crippen LogP contribution is -1.98. The summed E-state index contributed by atoms with van der Waals surface area (Å²) in [6.07, 6.45) is 0.427. The minimum Gasteiger partial charge on any atom is -0.493 e. The van der Waals surface area contributed by atoms with Crippen LogP contribution in [0.4, 0.5) is 0 Å². The molecule has 2 aromatic rings. The van der Waals surface area contributed by atoms with Crippen LogP contribution in [0.25, 0.3) is 0 Å². The van der Waals surface area contributed by atoms with Gasteiger partial charge in [0.05, 0.1) is 6.61 Å². The molecule has 0 saturated carbocycles. The molecule has 1 aromatic carbocycles. The van der Waals surface area contributed by atoms with Gasteiger partial charge in [-0.3, -0.25) is 0 Å². The Morgan fingerprint density at radius 2 is 2.19 bits per heavy atom. The number of thiophene rings is 1. The van der Waals surface area contributed by atoms with Crippen molar-refractivity contribution in [3.63, 3.8) is 0 Å². The second kappa shape index (κ2) is 3.92. The van der Waals surface area contributed by atoms with E-state index in [4.69, 9.17) is 4.74 Å². The largest absolute Gasteiger partial charge is 0.493 e. The third-order valence-electron chi connectivity index (χ3n) is 2.89. The summed E-state index contributed by atoms with van der Waals surface area (Å²) in [6.45, 7) is 0.757. The van der Waals surface area contributed by atoms with Crippen LogP contribution in [0.3, 0.4) is 0 Å². The fourth-order valence-electron chi connectivity index (χ4n) is 2.00. The standard InChI is InChI=1S/C13H12O2S/c14-13(11-4-6-16-8-11)10-1-2-12-9(7-10)3-5-15-12/h1-2,4,6-8,13-14H,3,5H2. The first-order chi connectivity index (χ1) is 7.84. The molecule has 0 fully saturated rings. The lowest BCUT2D eigenvalue weighted by Gasteiger charge is -2.10. The Kier molecular flexibility index (Phi) is 2.42. The molecular formula is C13H12O2S. The third-order valence-corrected chi connectivity index (χ3v) is 3.59. The van der Waals surface area contributed by atoms with Crippen LogP contribution in [-0.2, 0) is 6.42 Å². The highest BCUT2D eigenvalue weighted by molar-refractivity contribution is 7.07. The number of aliphatic hydroxyl groups is 1. The van der Waals surface area contributed by atoms with Crippen LogP contribution in [0, 0.1) is 0 Å². The summed E-state index contributed by atoms with van der Waals surface area (Å²) in [5.41, 5.74) is 3.11. The molecule has 16 heavy (non-hydrogen) atoms. The van der Waals surface area contributed by atoms with Gasteiger partial charge in [0.25, 0.3) is 0 Å². The molecule has 1 aliphatic heterocycles. The van der Waals surface area contributed by atoms with Gasteiger partial charge < -0.3 is 9.84 Å². The Morgan fingerprint density at radius 1 is 1.25 bits per heavy atom. The molecular weight excluding hydrogens is 220 g/mol. The van der Waals surface area contributed by atoms with Crippen LogP contribution in [-0.4, -0.2) is 11.7 Å². The third kappa shape index (κ3) is 1.62. The van der Waals surface area contributed by atoms with Gasteiger partial charge in [-0.15, -0.1) is 0 Å². The maximum absolute atomic E-state index is 10.2. The summed E-state index contributed by atoms with van der Waals surface area (Å²) in [7, 11) is 0. The van der Waals surface area contributed by atoms with E-state index in [0.717, 1.165) is 29.9 Å². The van der Waals surface area contributed by atoms with Crippen molar-refractivity contribution in [3.8, 4) is 5.75 Å². The molecule has 0 saturated heterocycles. The van der Waals surface area contributed by atoms with Gasteiger partial charge in [0, 0.05) is 6.42 Å². The zero-order valence-electron chi connectivity index (χ0n) is 8.72. The first kappa shape index (κ1) is 9.87. The van der Waals surface area contributed by atoms with Crippen LogP contribution >= 0.6 is 11.3 Å². The molecule has 0 bridgehead atoms. The second-order valence-corrected chi connectivity index (χ2v) is 4.70. The summed E-state index contributed by atoms with van der Waals surface area (Å²) in [5.74, 6) is 0.960. The number of hydrogen-bond acceptors (Lipinski definition) is 3. The van der Waals surface area contributed by atoms with E-state index in [1.54, 1.807) is 11.3 Å². The zero-order valence-corrected chi connectivity index (χ0v) is 9.54. The normalized spacial score (nSPS) is 15.6. The Morgan fingerprint density at radius 3 is 3.00 bits per heavy atom. The quantitative estimate of drug-likeness (QED) is 0.862. The smallest absolute Gasteiger partial charge is 0.122 e. The van der Waals surface area contributed by atoms with E-state index >= 15 is 0 Å². The molecule has 1 unspecified atom stereocenters. The number of rotatable bonds is 2.